The Labute approximate surface area is 200 Å². The van der Waals surface area contributed by atoms with Crippen LogP contribution in [-0.2, 0) is 20.0 Å². The van der Waals surface area contributed by atoms with Gasteiger partial charge in [0.25, 0.3) is 0 Å². The van der Waals surface area contributed by atoms with Crippen LogP contribution in [0.3, 0.4) is 0 Å². The van der Waals surface area contributed by atoms with Gasteiger partial charge < -0.3 is 15.4 Å². The maximum absolute atomic E-state index is 5.19. The van der Waals surface area contributed by atoms with Crippen molar-refractivity contribution in [3.63, 3.8) is 0 Å². The molecule has 3 rings (SSSR count). The van der Waals surface area contributed by atoms with Crippen molar-refractivity contribution in [2.45, 2.75) is 39.8 Å². The molecule has 0 saturated heterocycles. The van der Waals surface area contributed by atoms with Gasteiger partial charge in [-0.25, -0.2) is 4.98 Å². The van der Waals surface area contributed by atoms with Gasteiger partial charge in [-0.05, 0) is 57.0 Å². The molecule has 9 nitrogen and oxygen atoms in total. The molecule has 0 saturated carbocycles. The smallest absolute Gasteiger partial charge is 0.191 e. The van der Waals surface area contributed by atoms with Crippen LogP contribution in [0.1, 0.15) is 29.7 Å². The molecule has 3 aromatic rings. The number of benzene rings is 1. The molecule has 31 heavy (non-hydrogen) atoms. The molecule has 0 aliphatic rings. The number of guanidine groups is 1. The fourth-order valence-electron chi connectivity index (χ4n) is 3.31. The molecule has 0 bridgehead atoms. The standard InChI is InChI=1S/C21H30N8O.HI/c1-13(11-18-14(2)28-29(5)15(18)3)24-21(22-4)23-12-19-25-20(27-26-19)16-7-9-17(30-6)10-8-16;/h7-10,13H,11-12H2,1-6H3,(H2,22,23,24)(H,25,26,27);1H. The summed E-state index contributed by atoms with van der Waals surface area (Å²) >= 11 is 0. The van der Waals surface area contributed by atoms with Crippen molar-refractivity contribution in [2.24, 2.45) is 12.0 Å². The first-order valence-electron chi connectivity index (χ1n) is 9.93. The first-order chi connectivity index (χ1) is 14.4. The van der Waals surface area contributed by atoms with E-state index in [1.54, 1.807) is 14.2 Å². The van der Waals surface area contributed by atoms with Crippen LogP contribution in [-0.4, -0.2) is 51.1 Å². The Hall–Kier alpha value is -2.63. The molecule has 0 amide bonds. The van der Waals surface area contributed by atoms with Crippen molar-refractivity contribution in [1.29, 1.82) is 0 Å². The molecule has 1 aromatic carbocycles. The molecule has 2 aromatic heterocycles. The Bertz CT molecular complexity index is 1010. The molecule has 0 fully saturated rings. The summed E-state index contributed by atoms with van der Waals surface area (Å²) in [5.41, 5.74) is 4.46. The van der Waals surface area contributed by atoms with Gasteiger partial charge in [-0.1, -0.05) is 0 Å². The van der Waals surface area contributed by atoms with Crippen LogP contribution in [0.4, 0.5) is 0 Å². The third-order valence-corrected chi connectivity index (χ3v) is 5.08. The second kappa shape index (κ2) is 11.1. The van der Waals surface area contributed by atoms with Crippen LogP contribution in [0.25, 0.3) is 11.4 Å². The van der Waals surface area contributed by atoms with Crippen LogP contribution in [0, 0.1) is 13.8 Å². The van der Waals surface area contributed by atoms with Gasteiger partial charge in [-0.2, -0.15) is 10.2 Å². The molecule has 1 atom stereocenters. The number of aryl methyl sites for hydroxylation is 2. The normalized spacial score (nSPS) is 12.3. The van der Waals surface area contributed by atoms with Gasteiger partial charge in [0.1, 0.15) is 11.6 Å². The molecule has 0 aliphatic carbocycles. The molecule has 10 heteroatoms. The quantitative estimate of drug-likeness (QED) is 0.243. The molecule has 3 N–H and O–H groups in total. The molecule has 0 aliphatic heterocycles. The van der Waals surface area contributed by atoms with E-state index in [4.69, 9.17) is 4.74 Å². The summed E-state index contributed by atoms with van der Waals surface area (Å²) in [7, 11) is 5.38. The highest BCUT2D eigenvalue weighted by Crippen LogP contribution is 2.19. The zero-order valence-corrected chi connectivity index (χ0v) is 21.2. The number of H-pyrrole nitrogens is 1. The van der Waals surface area contributed by atoms with Crippen LogP contribution in [0.15, 0.2) is 29.3 Å². The molecule has 0 radical (unpaired) electrons. The van der Waals surface area contributed by atoms with Crippen LogP contribution in [0.2, 0.25) is 0 Å². The summed E-state index contributed by atoms with van der Waals surface area (Å²) in [6.07, 6.45) is 0.871. The van der Waals surface area contributed by atoms with E-state index in [1.165, 1.54) is 11.3 Å². The lowest BCUT2D eigenvalue weighted by Crippen LogP contribution is -2.43. The zero-order valence-electron chi connectivity index (χ0n) is 18.9. The highest BCUT2D eigenvalue weighted by atomic mass is 127. The number of methoxy groups -OCH3 is 1. The summed E-state index contributed by atoms with van der Waals surface area (Å²) < 4.78 is 7.11. The third-order valence-electron chi connectivity index (χ3n) is 5.08. The first-order valence-corrected chi connectivity index (χ1v) is 9.93. The molecule has 1 unspecified atom stereocenters. The van der Waals surface area contributed by atoms with Crippen molar-refractivity contribution in [1.82, 2.24) is 35.6 Å². The number of hydrogen-bond acceptors (Lipinski definition) is 5. The Kier molecular flexibility index (Phi) is 8.84. The van der Waals surface area contributed by atoms with E-state index in [0.29, 0.717) is 18.3 Å². The van der Waals surface area contributed by atoms with Gasteiger partial charge in [-0.15, -0.1) is 24.0 Å². The van der Waals surface area contributed by atoms with Gasteiger partial charge >= 0.3 is 0 Å². The topological polar surface area (TPSA) is 105 Å². The Morgan fingerprint density at radius 1 is 1.26 bits per heavy atom. The number of aromatic amines is 1. The predicted octanol–water partition coefficient (Wildman–Crippen LogP) is 2.74. The number of aromatic nitrogens is 5. The fraction of sp³-hybridized carbons (Fsp3) is 0.429. The number of halogens is 1. The molecule has 168 valence electrons. The van der Waals surface area contributed by atoms with E-state index in [-0.39, 0.29) is 30.0 Å². The maximum atomic E-state index is 5.19. The summed E-state index contributed by atoms with van der Waals surface area (Å²) in [6.45, 7) is 6.77. The molecular weight excluding hydrogens is 507 g/mol. The van der Waals surface area contributed by atoms with E-state index in [9.17, 15) is 0 Å². The second-order valence-corrected chi connectivity index (χ2v) is 7.28. The van der Waals surface area contributed by atoms with Crippen molar-refractivity contribution < 1.29 is 4.74 Å². The first kappa shape index (κ1) is 24.6. The number of rotatable bonds is 7. The average Bonchev–Trinajstić information content (AvgIpc) is 3.31. The third kappa shape index (κ3) is 6.18. The fourth-order valence-corrected chi connectivity index (χ4v) is 3.31. The van der Waals surface area contributed by atoms with Crippen molar-refractivity contribution >= 4 is 29.9 Å². The van der Waals surface area contributed by atoms with Crippen LogP contribution >= 0.6 is 24.0 Å². The van der Waals surface area contributed by atoms with Gasteiger partial charge in [0.2, 0.25) is 0 Å². The van der Waals surface area contributed by atoms with E-state index >= 15 is 0 Å². The van der Waals surface area contributed by atoms with Crippen molar-refractivity contribution in [2.75, 3.05) is 14.2 Å². The summed E-state index contributed by atoms with van der Waals surface area (Å²) in [5, 5.41) is 18.5. The number of nitrogens with zero attached hydrogens (tertiary/aromatic N) is 5. The summed E-state index contributed by atoms with van der Waals surface area (Å²) in [5.74, 6) is 2.89. The largest absolute Gasteiger partial charge is 0.497 e. The second-order valence-electron chi connectivity index (χ2n) is 7.28. The summed E-state index contributed by atoms with van der Waals surface area (Å²) in [4.78, 5) is 8.87. The maximum Gasteiger partial charge on any atom is 0.191 e. The molecule has 0 spiro atoms. The van der Waals surface area contributed by atoms with Gasteiger partial charge in [0, 0.05) is 31.4 Å². The van der Waals surface area contributed by atoms with Crippen LogP contribution in [0.5, 0.6) is 5.75 Å². The van der Waals surface area contributed by atoms with Gasteiger partial charge in [-0.3, -0.25) is 14.8 Å². The highest BCUT2D eigenvalue weighted by molar-refractivity contribution is 14.0. The highest BCUT2D eigenvalue weighted by Gasteiger charge is 2.14. The van der Waals surface area contributed by atoms with E-state index in [2.05, 4.69) is 49.8 Å². The van der Waals surface area contributed by atoms with E-state index in [1.807, 2.05) is 42.9 Å². The Morgan fingerprint density at radius 3 is 2.55 bits per heavy atom. The number of nitrogens with one attached hydrogen (secondary N) is 3. The molecule has 2 heterocycles. The lowest BCUT2D eigenvalue weighted by Gasteiger charge is -2.17. The van der Waals surface area contributed by atoms with E-state index in [0.717, 1.165) is 29.3 Å². The number of ether oxygens (including phenoxy) is 1. The minimum atomic E-state index is 0. The Balaban J connectivity index is 0.00000341. The van der Waals surface area contributed by atoms with Crippen LogP contribution < -0.4 is 15.4 Å². The van der Waals surface area contributed by atoms with Crippen molar-refractivity contribution in [3.8, 4) is 17.1 Å². The average molecular weight is 538 g/mol. The zero-order chi connectivity index (χ0) is 21.7. The minimum absolute atomic E-state index is 0. The number of aliphatic imine (C=N–C) groups is 1. The number of hydrogen-bond donors (Lipinski definition) is 3. The minimum Gasteiger partial charge on any atom is -0.497 e. The Morgan fingerprint density at radius 2 is 1.97 bits per heavy atom. The lowest BCUT2D eigenvalue weighted by molar-refractivity contribution is 0.415. The summed E-state index contributed by atoms with van der Waals surface area (Å²) in [6, 6.07) is 7.85. The SMILES string of the molecule is CN=C(NCc1nc(-c2ccc(OC)cc2)n[nH]1)NC(C)Cc1c(C)nn(C)c1C.I. The van der Waals surface area contributed by atoms with Gasteiger partial charge in [0.05, 0.1) is 19.3 Å². The monoisotopic (exact) mass is 538 g/mol. The lowest BCUT2D eigenvalue weighted by atomic mass is 10.1. The van der Waals surface area contributed by atoms with Crippen molar-refractivity contribution in [3.05, 3.63) is 47.0 Å². The molecular formula is C21H31IN8O. The van der Waals surface area contributed by atoms with E-state index < -0.39 is 0 Å². The predicted molar refractivity (Wildman–Crippen MR) is 133 cm³/mol. The van der Waals surface area contributed by atoms with Gasteiger partial charge in [0.15, 0.2) is 11.8 Å².